The van der Waals surface area contributed by atoms with Gasteiger partial charge in [-0.1, -0.05) is 41.9 Å². The predicted molar refractivity (Wildman–Crippen MR) is 121 cm³/mol. The summed E-state index contributed by atoms with van der Waals surface area (Å²) >= 11 is 6.21. The maximum absolute atomic E-state index is 12.2. The van der Waals surface area contributed by atoms with Gasteiger partial charge in [-0.3, -0.25) is 4.79 Å². The molecule has 1 aliphatic heterocycles. The lowest BCUT2D eigenvalue weighted by Crippen LogP contribution is -2.39. The summed E-state index contributed by atoms with van der Waals surface area (Å²) in [5, 5.41) is 4.42. The van der Waals surface area contributed by atoms with Gasteiger partial charge >= 0.3 is 0 Å². The molecule has 1 fully saturated rings. The molecule has 4 rings (SSSR count). The molecule has 6 heteroatoms. The molecule has 0 spiro atoms. The Labute approximate surface area is 182 Å². The number of aryl methyl sites for hydroxylation is 1. The monoisotopic (exact) mass is 425 g/mol. The van der Waals surface area contributed by atoms with Crippen LogP contribution in [-0.4, -0.2) is 48.2 Å². The van der Waals surface area contributed by atoms with E-state index in [1.165, 1.54) is 0 Å². The second kappa shape index (κ2) is 9.54. The third-order valence-corrected chi connectivity index (χ3v) is 6.11. The minimum absolute atomic E-state index is 0.0365. The molecule has 0 aliphatic carbocycles. The molecule has 0 unspecified atom stereocenters. The molecule has 1 aliphatic rings. The molecule has 5 nitrogen and oxygen atoms in total. The van der Waals surface area contributed by atoms with Gasteiger partial charge in [0.15, 0.2) is 0 Å². The van der Waals surface area contributed by atoms with E-state index in [0.29, 0.717) is 5.02 Å². The van der Waals surface area contributed by atoms with Crippen LogP contribution in [0.1, 0.15) is 29.6 Å². The third kappa shape index (κ3) is 4.63. The molecular formula is C24H28ClN3O2. The lowest BCUT2D eigenvalue weighted by molar-refractivity contribution is 0.0964. The number of likely N-dealkylation sites (tertiary alicyclic amines) is 1. The number of hydrogen-bond donors (Lipinski definition) is 1. The van der Waals surface area contributed by atoms with Crippen molar-refractivity contribution in [3.05, 3.63) is 65.3 Å². The van der Waals surface area contributed by atoms with Crippen LogP contribution in [-0.2, 0) is 6.54 Å². The van der Waals surface area contributed by atoms with Crippen LogP contribution in [0.25, 0.3) is 10.9 Å². The zero-order valence-electron chi connectivity index (χ0n) is 17.3. The van der Waals surface area contributed by atoms with Crippen LogP contribution in [0.15, 0.2) is 54.7 Å². The summed E-state index contributed by atoms with van der Waals surface area (Å²) in [5.41, 5.74) is 1.86. The summed E-state index contributed by atoms with van der Waals surface area (Å²) in [7, 11) is 1.67. The van der Waals surface area contributed by atoms with Crippen molar-refractivity contribution in [2.24, 2.45) is 0 Å². The van der Waals surface area contributed by atoms with Crippen molar-refractivity contribution in [2.45, 2.75) is 31.9 Å². The van der Waals surface area contributed by atoms with Gasteiger partial charge in [0.1, 0.15) is 11.9 Å². The summed E-state index contributed by atoms with van der Waals surface area (Å²) < 4.78 is 8.29. The van der Waals surface area contributed by atoms with Crippen LogP contribution < -0.4 is 10.1 Å². The Kier molecular flexibility index (Phi) is 6.60. The molecule has 1 amide bonds. The van der Waals surface area contributed by atoms with Gasteiger partial charge in [0.05, 0.1) is 10.6 Å². The van der Waals surface area contributed by atoms with Gasteiger partial charge in [0, 0.05) is 43.8 Å². The Morgan fingerprint density at radius 2 is 1.83 bits per heavy atom. The SMILES string of the molecule is CNC(=O)c1cn(CCCN2CCC(Oc3ccccc3Cl)CC2)c2ccccc12. The van der Waals surface area contributed by atoms with Crippen LogP contribution in [0.3, 0.4) is 0 Å². The number of fused-ring (bicyclic) bond motifs is 1. The summed E-state index contributed by atoms with van der Waals surface area (Å²) in [5.74, 6) is 0.745. The molecule has 2 heterocycles. The number of benzene rings is 2. The average Bonchev–Trinajstić information content (AvgIpc) is 3.15. The minimum atomic E-state index is -0.0365. The molecule has 1 saturated heterocycles. The number of hydrogen-bond acceptors (Lipinski definition) is 3. The number of amides is 1. The van der Waals surface area contributed by atoms with E-state index >= 15 is 0 Å². The van der Waals surface area contributed by atoms with Crippen LogP contribution in [0.2, 0.25) is 5.02 Å². The molecule has 0 atom stereocenters. The van der Waals surface area contributed by atoms with Gasteiger partial charge in [-0.15, -0.1) is 0 Å². The number of nitrogens with one attached hydrogen (secondary N) is 1. The Balaban J connectivity index is 1.29. The Morgan fingerprint density at radius 1 is 1.10 bits per heavy atom. The number of rotatable bonds is 7. The van der Waals surface area contributed by atoms with Gasteiger partial charge in [-0.05, 0) is 44.0 Å². The summed E-state index contributed by atoms with van der Waals surface area (Å²) in [6, 6.07) is 15.8. The third-order valence-electron chi connectivity index (χ3n) is 5.80. The summed E-state index contributed by atoms with van der Waals surface area (Å²) in [6.07, 6.45) is 5.27. The predicted octanol–water partition coefficient (Wildman–Crippen LogP) is 4.59. The topological polar surface area (TPSA) is 46.5 Å². The fourth-order valence-corrected chi connectivity index (χ4v) is 4.36. The summed E-state index contributed by atoms with van der Waals surface area (Å²) in [6.45, 7) is 4.00. The fraction of sp³-hybridized carbons (Fsp3) is 0.375. The van der Waals surface area contributed by atoms with E-state index < -0.39 is 0 Å². The number of carbonyl (C=O) groups excluding carboxylic acids is 1. The first-order chi connectivity index (χ1) is 14.7. The highest BCUT2D eigenvalue weighted by Crippen LogP contribution is 2.27. The number of ether oxygens (including phenoxy) is 1. The van der Waals surface area contributed by atoms with Crippen molar-refractivity contribution < 1.29 is 9.53 Å². The number of aromatic nitrogens is 1. The highest BCUT2D eigenvalue weighted by molar-refractivity contribution is 6.32. The van der Waals surface area contributed by atoms with E-state index in [0.717, 1.165) is 67.7 Å². The molecule has 30 heavy (non-hydrogen) atoms. The largest absolute Gasteiger partial charge is 0.489 e. The van der Waals surface area contributed by atoms with Crippen molar-refractivity contribution in [2.75, 3.05) is 26.7 Å². The van der Waals surface area contributed by atoms with Crippen molar-refractivity contribution >= 4 is 28.4 Å². The maximum Gasteiger partial charge on any atom is 0.253 e. The van der Waals surface area contributed by atoms with E-state index in [9.17, 15) is 4.79 Å². The molecule has 158 valence electrons. The van der Waals surface area contributed by atoms with Gasteiger partial charge in [-0.25, -0.2) is 0 Å². The van der Waals surface area contributed by atoms with Gasteiger partial charge < -0.3 is 19.5 Å². The number of carbonyl (C=O) groups is 1. The maximum atomic E-state index is 12.2. The van der Waals surface area contributed by atoms with Crippen LogP contribution in [0.5, 0.6) is 5.75 Å². The van der Waals surface area contributed by atoms with Gasteiger partial charge in [0.2, 0.25) is 0 Å². The van der Waals surface area contributed by atoms with Crippen molar-refractivity contribution in [3.63, 3.8) is 0 Å². The van der Waals surface area contributed by atoms with Crippen LogP contribution >= 0.6 is 11.6 Å². The van der Waals surface area contributed by atoms with Crippen molar-refractivity contribution in [1.29, 1.82) is 0 Å². The molecule has 0 saturated carbocycles. The molecular weight excluding hydrogens is 398 g/mol. The molecule has 2 aromatic carbocycles. The molecule has 1 aromatic heterocycles. The first kappa shape index (κ1) is 20.8. The Bertz CT molecular complexity index is 1010. The molecule has 0 bridgehead atoms. The van der Waals surface area contributed by atoms with Crippen molar-refractivity contribution in [3.8, 4) is 5.75 Å². The first-order valence-electron chi connectivity index (χ1n) is 10.6. The first-order valence-corrected chi connectivity index (χ1v) is 11.0. The fourth-order valence-electron chi connectivity index (χ4n) is 4.18. The number of halogens is 1. The normalized spacial score (nSPS) is 15.4. The molecule has 0 radical (unpaired) electrons. The van der Waals surface area contributed by atoms with Crippen LogP contribution in [0.4, 0.5) is 0 Å². The Morgan fingerprint density at radius 3 is 2.60 bits per heavy atom. The standard InChI is InChI=1S/C24H28ClN3O2/c1-26-24(29)20-17-28(22-9-4-2-7-19(20)22)14-6-13-27-15-11-18(12-16-27)30-23-10-5-3-8-21(23)25/h2-5,7-10,17-18H,6,11-16H2,1H3,(H,26,29). The number of para-hydroxylation sites is 2. The molecule has 1 N–H and O–H groups in total. The highest BCUT2D eigenvalue weighted by atomic mass is 35.5. The van der Waals surface area contributed by atoms with E-state index in [1.807, 2.05) is 48.7 Å². The lowest BCUT2D eigenvalue weighted by Gasteiger charge is -2.32. The van der Waals surface area contributed by atoms with E-state index in [-0.39, 0.29) is 12.0 Å². The van der Waals surface area contributed by atoms with Crippen LogP contribution in [0, 0.1) is 0 Å². The minimum Gasteiger partial charge on any atom is -0.489 e. The van der Waals surface area contributed by atoms with Gasteiger partial charge in [-0.2, -0.15) is 0 Å². The lowest BCUT2D eigenvalue weighted by atomic mass is 10.1. The average molecular weight is 426 g/mol. The summed E-state index contributed by atoms with van der Waals surface area (Å²) in [4.78, 5) is 14.7. The van der Waals surface area contributed by atoms with E-state index in [4.69, 9.17) is 16.3 Å². The number of nitrogens with zero attached hydrogens (tertiary/aromatic N) is 2. The van der Waals surface area contributed by atoms with E-state index in [1.54, 1.807) is 7.05 Å². The highest BCUT2D eigenvalue weighted by Gasteiger charge is 2.21. The number of piperidine rings is 1. The van der Waals surface area contributed by atoms with Crippen molar-refractivity contribution in [1.82, 2.24) is 14.8 Å². The zero-order chi connectivity index (χ0) is 20.9. The van der Waals surface area contributed by atoms with E-state index in [2.05, 4.69) is 20.9 Å². The second-order valence-electron chi connectivity index (χ2n) is 7.78. The van der Waals surface area contributed by atoms with Gasteiger partial charge in [0.25, 0.3) is 5.91 Å². The Hall–Kier alpha value is -2.50. The quantitative estimate of drug-likeness (QED) is 0.602. The zero-order valence-corrected chi connectivity index (χ0v) is 18.1. The molecule has 3 aromatic rings. The second-order valence-corrected chi connectivity index (χ2v) is 8.18. The smallest absolute Gasteiger partial charge is 0.253 e.